The predicted molar refractivity (Wildman–Crippen MR) is 79.7 cm³/mol. The van der Waals surface area contributed by atoms with Crippen molar-refractivity contribution >= 4 is 23.1 Å². The summed E-state index contributed by atoms with van der Waals surface area (Å²) in [5.41, 5.74) is 1.66. The standard InChI is InChI=1S/C13H20N2O3S/c1-4-14-12-7-11(5-6-13(12)15(17)18)8-19-10(3)9(2)16/h5-7,9-10,14,16H,4,8H2,1-3H3. The minimum absolute atomic E-state index is 0.0965. The van der Waals surface area contributed by atoms with Crippen molar-refractivity contribution < 1.29 is 10.0 Å². The summed E-state index contributed by atoms with van der Waals surface area (Å²) in [6, 6.07) is 5.10. The summed E-state index contributed by atoms with van der Waals surface area (Å²) in [4.78, 5) is 10.5. The third-order valence-corrected chi connectivity index (χ3v) is 4.24. The number of aliphatic hydroxyl groups is 1. The molecule has 0 bridgehead atoms. The second-order valence-corrected chi connectivity index (χ2v) is 5.76. The van der Waals surface area contributed by atoms with Crippen molar-refractivity contribution in [2.75, 3.05) is 11.9 Å². The molecule has 0 radical (unpaired) electrons. The highest BCUT2D eigenvalue weighted by molar-refractivity contribution is 7.99. The number of nitro benzene ring substituents is 1. The zero-order chi connectivity index (χ0) is 14.4. The Labute approximate surface area is 117 Å². The van der Waals surface area contributed by atoms with Gasteiger partial charge in [0, 0.05) is 23.6 Å². The first-order chi connectivity index (χ1) is 8.95. The fourth-order valence-corrected chi connectivity index (χ4v) is 2.44. The highest BCUT2D eigenvalue weighted by Gasteiger charge is 2.14. The molecular weight excluding hydrogens is 264 g/mol. The summed E-state index contributed by atoms with van der Waals surface area (Å²) >= 11 is 1.63. The molecule has 0 amide bonds. The lowest BCUT2D eigenvalue weighted by Gasteiger charge is -2.14. The van der Waals surface area contributed by atoms with Gasteiger partial charge in [-0.2, -0.15) is 11.8 Å². The SMILES string of the molecule is CCNc1cc(CSC(C)C(C)O)ccc1[N+](=O)[O-]. The Bertz CT molecular complexity index is 438. The van der Waals surface area contributed by atoms with Gasteiger partial charge in [-0.1, -0.05) is 13.0 Å². The van der Waals surface area contributed by atoms with Crippen LogP contribution in [0.3, 0.4) is 0 Å². The van der Waals surface area contributed by atoms with E-state index >= 15 is 0 Å². The second-order valence-electron chi connectivity index (χ2n) is 4.40. The topological polar surface area (TPSA) is 75.4 Å². The van der Waals surface area contributed by atoms with Crippen LogP contribution in [0.2, 0.25) is 0 Å². The molecule has 0 fully saturated rings. The van der Waals surface area contributed by atoms with E-state index in [9.17, 15) is 15.2 Å². The van der Waals surface area contributed by atoms with E-state index in [1.54, 1.807) is 24.8 Å². The van der Waals surface area contributed by atoms with Crippen LogP contribution in [-0.4, -0.2) is 27.9 Å². The van der Waals surface area contributed by atoms with Gasteiger partial charge in [0.1, 0.15) is 5.69 Å². The molecule has 0 aromatic heterocycles. The van der Waals surface area contributed by atoms with Crippen LogP contribution in [0.5, 0.6) is 0 Å². The third kappa shape index (κ3) is 4.72. The van der Waals surface area contributed by atoms with E-state index in [1.807, 2.05) is 19.9 Å². The van der Waals surface area contributed by atoms with Crippen molar-refractivity contribution in [2.24, 2.45) is 0 Å². The van der Waals surface area contributed by atoms with Crippen molar-refractivity contribution in [2.45, 2.75) is 37.9 Å². The summed E-state index contributed by atoms with van der Waals surface area (Å²) in [6.07, 6.45) is -0.365. The van der Waals surface area contributed by atoms with E-state index in [4.69, 9.17) is 0 Å². The molecule has 1 rings (SSSR count). The molecule has 2 N–H and O–H groups in total. The molecule has 0 aliphatic carbocycles. The van der Waals surface area contributed by atoms with E-state index in [1.165, 1.54) is 6.07 Å². The highest BCUT2D eigenvalue weighted by Crippen LogP contribution is 2.28. The number of aliphatic hydroxyl groups excluding tert-OH is 1. The second kappa shape index (κ2) is 7.35. The lowest BCUT2D eigenvalue weighted by Crippen LogP contribution is -2.15. The van der Waals surface area contributed by atoms with Crippen LogP contribution in [0.4, 0.5) is 11.4 Å². The molecule has 1 aromatic carbocycles. The Morgan fingerprint density at radius 1 is 1.47 bits per heavy atom. The van der Waals surface area contributed by atoms with Crippen molar-refractivity contribution in [1.29, 1.82) is 0 Å². The first-order valence-electron chi connectivity index (χ1n) is 6.26. The summed E-state index contributed by atoms with van der Waals surface area (Å²) in [5.74, 6) is 0.725. The number of nitrogens with one attached hydrogen (secondary N) is 1. The molecular formula is C13H20N2O3S. The Balaban J connectivity index is 2.80. The maximum atomic E-state index is 10.9. The molecule has 0 saturated heterocycles. The lowest BCUT2D eigenvalue weighted by atomic mass is 10.2. The fraction of sp³-hybridized carbons (Fsp3) is 0.538. The number of thioether (sulfide) groups is 1. The van der Waals surface area contributed by atoms with Gasteiger partial charge in [0.15, 0.2) is 0 Å². The number of hydrogen-bond acceptors (Lipinski definition) is 5. The van der Waals surface area contributed by atoms with E-state index < -0.39 is 0 Å². The van der Waals surface area contributed by atoms with Gasteiger partial charge in [-0.25, -0.2) is 0 Å². The number of nitro groups is 1. The minimum Gasteiger partial charge on any atom is -0.392 e. The van der Waals surface area contributed by atoms with Crippen LogP contribution in [0.1, 0.15) is 26.3 Å². The van der Waals surface area contributed by atoms with Gasteiger partial charge in [-0.15, -0.1) is 0 Å². The van der Waals surface area contributed by atoms with Crippen LogP contribution >= 0.6 is 11.8 Å². The average Bonchev–Trinajstić information content (AvgIpc) is 2.36. The quantitative estimate of drug-likeness (QED) is 0.594. The van der Waals surface area contributed by atoms with Gasteiger partial charge in [-0.3, -0.25) is 10.1 Å². The molecule has 0 aliphatic heterocycles. The van der Waals surface area contributed by atoms with Gasteiger partial charge < -0.3 is 10.4 Å². The largest absolute Gasteiger partial charge is 0.392 e. The lowest BCUT2D eigenvalue weighted by molar-refractivity contribution is -0.384. The van der Waals surface area contributed by atoms with E-state index in [2.05, 4.69) is 5.32 Å². The van der Waals surface area contributed by atoms with Crippen LogP contribution in [0.25, 0.3) is 0 Å². The number of hydrogen-bond donors (Lipinski definition) is 2. The van der Waals surface area contributed by atoms with Gasteiger partial charge in [0.25, 0.3) is 5.69 Å². The highest BCUT2D eigenvalue weighted by atomic mass is 32.2. The van der Waals surface area contributed by atoms with Gasteiger partial charge in [-0.05, 0) is 25.5 Å². The Morgan fingerprint density at radius 3 is 2.68 bits per heavy atom. The normalized spacial score (nSPS) is 13.9. The molecule has 1 aromatic rings. The molecule has 2 unspecified atom stereocenters. The van der Waals surface area contributed by atoms with E-state index in [0.29, 0.717) is 12.2 Å². The summed E-state index contributed by atoms with van der Waals surface area (Å²) in [5, 5.41) is 23.5. The first kappa shape index (κ1) is 15.8. The van der Waals surface area contributed by atoms with Crippen molar-refractivity contribution in [1.82, 2.24) is 0 Å². The van der Waals surface area contributed by atoms with Crippen LogP contribution in [0, 0.1) is 10.1 Å². The summed E-state index contributed by atoms with van der Waals surface area (Å²) in [7, 11) is 0. The number of nitrogens with zero attached hydrogens (tertiary/aromatic N) is 1. The smallest absolute Gasteiger partial charge is 0.292 e. The molecule has 6 heteroatoms. The summed E-state index contributed by atoms with van der Waals surface area (Å²) < 4.78 is 0. The van der Waals surface area contributed by atoms with Crippen molar-refractivity contribution in [3.8, 4) is 0 Å². The monoisotopic (exact) mass is 284 g/mol. The maximum Gasteiger partial charge on any atom is 0.292 e. The van der Waals surface area contributed by atoms with Gasteiger partial charge in [0.05, 0.1) is 11.0 Å². The van der Waals surface area contributed by atoms with Crippen LogP contribution in [0.15, 0.2) is 18.2 Å². The third-order valence-electron chi connectivity index (χ3n) is 2.82. The average molecular weight is 284 g/mol. The zero-order valence-corrected chi connectivity index (χ0v) is 12.2. The number of benzene rings is 1. The zero-order valence-electron chi connectivity index (χ0n) is 11.4. The summed E-state index contributed by atoms with van der Waals surface area (Å²) in [6.45, 7) is 6.27. The molecule has 0 spiro atoms. The molecule has 2 atom stereocenters. The Hall–Kier alpha value is -1.27. The van der Waals surface area contributed by atoms with E-state index in [-0.39, 0.29) is 22.0 Å². The van der Waals surface area contributed by atoms with E-state index in [0.717, 1.165) is 11.3 Å². The number of rotatable bonds is 7. The minimum atomic E-state index is -0.382. The molecule has 0 heterocycles. The maximum absolute atomic E-state index is 10.9. The van der Waals surface area contributed by atoms with Crippen LogP contribution < -0.4 is 5.32 Å². The van der Waals surface area contributed by atoms with Crippen molar-refractivity contribution in [3.63, 3.8) is 0 Å². The Kier molecular flexibility index (Phi) is 6.11. The number of anilines is 1. The van der Waals surface area contributed by atoms with Gasteiger partial charge in [0.2, 0.25) is 0 Å². The van der Waals surface area contributed by atoms with Crippen molar-refractivity contribution in [3.05, 3.63) is 33.9 Å². The molecule has 19 heavy (non-hydrogen) atoms. The Morgan fingerprint density at radius 2 is 2.16 bits per heavy atom. The fourth-order valence-electron chi connectivity index (χ4n) is 1.53. The predicted octanol–water partition coefficient (Wildman–Crippen LogP) is 3.03. The first-order valence-corrected chi connectivity index (χ1v) is 7.31. The van der Waals surface area contributed by atoms with Gasteiger partial charge >= 0.3 is 0 Å². The molecule has 0 saturated carbocycles. The van der Waals surface area contributed by atoms with Crippen LogP contribution in [-0.2, 0) is 5.75 Å². The molecule has 106 valence electrons. The molecule has 5 nitrogen and oxygen atoms in total. The molecule has 0 aliphatic rings.